The predicted octanol–water partition coefficient (Wildman–Crippen LogP) is 7.92. The molecule has 1 fully saturated rings. The topological polar surface area (TPSA) is 41.1 Å². The Morgan fingerprint density at radius 1 is 0.742 bits per heavy atom. The molecule has 1 aliphatic rings. The highest BCUT2D eigenvalue weighted by atomic mass is 16.1. The number of nitrogens with one attached hydrogen (secondary N) is 2. The summed E-state index contributed by atoms with van der Waals surface area (Å²) >= 11 is 0. The van der Waals surface area contributed by atoms with Crippen molar-refractivity contribution >= 4 is 5.91 Å². The predicted molar refractivity (Wildman–Crippen MR) is 137 cm³/mol. The second-order valence-corrected chi connectivity index (χ2v) is 10.2. The fourth-order valence-corrected chi connectivity index (χ4v) is 4.63. The molecule has 1 rings (SSSR count). The molecule has 0 aromatic rings. The summed E-state index contributed by atoms with van der Waals surface area (Å²) in [5, 5.41) is 6.90. The van der Waals surface area contributed by atoms with Crippen molar-refractivity contribution in [1.82, 2.24) is 10.6 Å². The molecule has 0 aromatic carbocycles. The van der Waals surface area contributed by atoms with Crippen LogP contribution in [0.5, 0.6) is 0 Å². The van der Waals surface area contributed by atoms with Crippen LogP contribution in [0.2, 0.25) is 0 Å². The highest BCUT2D eigenvalue weighted by molar-refractivity contribution is 5.75. The molecule has 1 saturated carbocycles. The Kier molecular flexibility index (Phi) is 19.5. The van der Waals surface area contributed by atoms with Gasteiger partial charge in [-0.3, -0.25) is 4.79 Å². The normalized spacial score (nSPS) is 14.2. The zero-order valence-electron chi connectivity index (χ0n) is 21.3. The minimum Gasteiger partial charge on any atom is -0.356 e. The lowest BCUT2D eigenvalue weighted by atomic mass is 9.93. The van der Waals surface area contributed by atoms with Crippen LogP contribution in [0.25, 0.3) is 0 Å². The largest absolute Gasteiger partial charge is 0.356 e. The maximum atomic E-state index is 12.3. The molecule has 0 atom stereocenters. The molecule has 0 heterocycles. The first-order valence-electron chi connectivity index (χ1n) is 14.3. The van der Waals surface area contributed by atoms with E-state index in [0.717, 1.165) is 25.6 Å². The summed E-state index contributed by atoms with van der Waals surface area (Å²) in [5.41, 5.74) is 0. The van der Waals surface area contributed by atoms with Crippen LogP contribution in [-0.4, -0.2) is 25.0 Å². The van der Waals surface area contributed by atoms with Gasteiger partial charge in [0.2, 0.25) is 5.91 Å². The summed E-state index contributed by atoms with van der Waals surface area (Å²) in [6.07, 6.45) is 27.3. The van der Waals surface area contributed by atoms with Crippen molar-refractivity contribution in [2.24, 2.45) is 5.92 Å². The fraction of sp³-hybridized carbons (Fsp3) is 0.964. The van der Waals surface area contributed by atoms with Crippen molar-refractivity contribution in [3.63, 3.8) is 0 Å². The molecule has 0 saturated heterocycles. The van der Waals surface area contributed by atoms with Crippen LogP contribution in [-0.2, 0) is 4.79 Å². The van der Waals surface area contributed by atoms with Crippen molar-refractivity contribution in [1.29, 1.82) is 0 Å². The lowest BCUT2D eigenvalue weighted by Gasteiger charge is -2.26. The van der Waals surface area contributed by atoms with Gasteiger partial charge < -0.3 is 10.6 Å². The van der Waals surface area contributed by atoms with E-state index in [9.17, 15) is 4.79 Å². The standard InChI is InChI=1S/C28H56N2O/c1-3-5-7-9-11-14-19-26(20-15-12-10-8-6-4-2)25-30-28(31)23-16-13-17-24-29-27-21-18-22-27/h26-27,29H,3-25H2,1-2H3,(H,30,31). The van der Waals surface area contributed by atoms with Gasteiger partial charge in [0.05, 0.1) is 0 Å². The third kappa shape index (κ3) is 17.6. The van der Waals surface area contributed by atoms with Gasteiger partial charge in [-0.2, -0.15) is 0 Å². The smallest absolute Gasteiger partial charge is 0.220 e. The van der Waals surface area contributed by atoms with E-state index in [2.05, 4.69) is 24.5 Å². The minimum atomic E-state index is 0.280. The average Bonchev–Trinajstić information content (AvgIpc) is 2.74. The highest BCUT2D eigenvalue weighted by Gasteiger charge is 2.15. The Labute approximate surface area is 195 Å². The molecular weight excluding hydrogens is 380 g/mol. The van der Waals surface area contributed by atoms with Crippen molar-refractivity contribution in [2.75, 3.05) is 13.1 Å². The average molecular weight is 437 g/mol. The highest BCUT2D eigenvalue weighted by Crippen LogP contribution is 2.19. The van der Waals surface area contributed by atoms with E-state index in [4.69, 9.17) is 0 Å². The van der Waals surface area contributed by atoms with Gasteiger partial charge in [0.1, 0.15) is 0 Å². The Morgan fingerprint density at radius 2 is 1.29 bits per heavy atom. The van der Waals surface area contributed by atoms with Crippen LogP contribution in [0.1, 0.15) is 149 Å². The zero-order chi connectivity index (χ0) is 22.4. The molecule has 0 aromatic heterocycles. The molecule has 0 bridgehead atoms. The quantitative estimate of drug-likeness (QED) is 0.160. The summed E-state index contributed by atoms with van der Waals surface area (Å²) in [6.45, 7) is 6.60. The third-order valence-corrected chi connectivity index (χ3v) is 7.14. The van der Waals surface area contributed by atoms with Crippen molar-refractivity contribution in [3.05, 3.63) is 0 Å². The molecule has 184 valence electrons. The minimum absolute atomic E-state index is 0.280. The molecule has 2 N–H and O–H groups in total. The van der Waals surface area contributed by atoms with Gasteiger partial charge in [0.25, 0.3) is 0 Å². The number of amides is 1. The van der Waals surface area contributed by atoms with Gasteiger partial charge in [-0.25, -0.2) is 0 Å². The van der Waals surface area contributed by atoms with E-state index in [-0.39, 0.29) is 5.91 Å². The zero-order valence-corrected chi connectivity index (χ0v) is 21.3. The third-order valence-electron chi connectivity index (χ3n) is 7.14. The van der Waals surface area contributed by atoms with Gasteiger partial charge in [-0.15, -0.1) is 0 Å². The molecule has 3 nitrogen and oxygen atoms in total. The van der Waals surface area contributed by atoms with Crippen LogP contribution in [0.15, 0.2) is 0 Å². The second-order valence-electron chi connectivity index (χ2n) is 10.2. The SMILES string of the molecule is CCCCCCCCC(CCCCCCCC)CNC(=O)CCCCCNC1CCC1. The van der Waals surface area contributed by atoms with Crippen LogP contribution in [0.4, 0.5) is 0 Å². The Bertz CT molecular complexity index is 378. The van der Waals surface area contributed by atoms with E-state index in [1.807, 2.05) is 0 Å². The lowest BCUT2D eigenvalue weighted by Crippen LogP contribution is -2.35. The van der Waals surface area contributed by atoms with Crippen molar-refractivity contribution in [3.8, 4) is 0 Å². The second kappa shape index (κ2) is 21.3. The number of hydrogen-bond acceptors (Lipinski definition) is 2. The molecule has 3 heteroatoms. The summed E-state index contributed by atoms with van der Waals surface area (Å²) in [5.74, 6) is 0.968. The van der Waals surface area contributed by atoms with Crippen molar-refractivity contribution in [2.45, 2.75) is 155 Å². The molecule has 0 spiro atoms. The maximum absolute atomic E-state index is 12.3. The number of rotatable bonds is 23. The molecule has 31 heavy (non-hydrogen) atoms. The first-order valence-corrected chi connectivity index (χ1v) is 14.3. The number of carbonyl (C=O) groups is 1. The van der Waals surface area contributed by atoms with Crippen LogP contribution in [0.3, 0.4) is 0 Å². The van der Waals surface area contributed by atoms with E-state index >= 15 is 0 Å². The van der Waals surface area contributed by atoms with Gasteiger partial charge in [0.15, 0.2) is 0 Å². The van der Waals surface area contributed by atoms with E-state index in [1.54, 1.807) is 0 Å². The molecule has 0 radical (unpaired) electrons. The van der Waals surface area contributed by atoms with Gasteiger partial charge in [-0.1, -0.05) is 104 Å². The summed E-state index contributed by atoms with van der Waals surface area (Å²) in [6, 6.07) is 0.790. The van der Waals surface area contributed by atoms with E-state index in [1.165, 1.54) is 122 Å². The van der Waals surface area contributed by atoms with Gasteiger partial charge in [0, 0.05) is 19.0 Å². The summed E-state index contributed by atoms with van der Waals surface area (Å²) < 4.78 is 0. The molecular formula is C28H56N2O. The van der Waals surface area contributed by atoms with E-state index in [0.29, 0.717) is 12.3 Å². The van der Waals surface area contributed by atoms with Crippen molar-refractivity contribution < 1.29 is 4.79 Å². The van der Waals surface area contributed by atoms with Crippen LogP contribution < -0.4 is 10.6 Å². The fourth-order valence-electron chi connectivity index (χ4n) is 4.63. The van der Waals surface area contributed by atoms with Gasteiger partial charge >= 0.3 is 0 Å². The van der Waals surface area contributed by atoms with E-state index < -0.39 is 0 Å². The van der Waals surface area contributed by atoms with Gasteiger partial charge in [-0.05, 0) is 51.0 Å². The van der Waals surface area contributed by atoms with Crippen LogP contribution >= 0.6 is 0 Å². The lowest BCUT2D eigenvalue weighted by molar-refractivity contribution is -0.121. The van der Waals surface area contributed by atoms with Crippen LogP contribution in [0, 0.1) is 5.92 Å². The molecule has 1 amide bonds. The first kappa shape index (κ1) is 28.5. The Hall–Kier alpha value is -0.570. The number of hydrogen-bond donors (Lipinski definition) is 2. The summed E-state index contributed by atoms with van der Waals surface area (Å²) in [4.78, 5) is 12.3. The Morgan fingerprint density at radius 3 is 1.84 bits per heavy atom. The maximum Gasteiger partial charge on any atom is 0.220 e. The summed E-state index contributed by atoms with van der Waals surface area (Å²) in [7, 11) is 0. The molecule has 0 unspecified atom stereocenters. The number of carbonyl (C=O) groups excluding carboxylic acids is 1. The molecule has 1 aliphatic carbocycles. The monoisotopic (exact) mass is 436 g/mol. The molecule has 0 aliphatic heterocycles. The number of unbranched alkanes of at least 4 members (excludes halogenated alkanes) is 12. The Balaban J connectivity index is 2.10. The first-order chi connectivity index (χ1) is 15.3.